The van der Waals surface area contributed by atoms with Gasteiger partial charge in [-0.1, -0.05) is 6.07 Å². The van der Waals surface area contributed by atoms with Crippen molar-refractivity contribution in [3.05, 3.63) is 29.3 Å². The van der Waals surface area contributed by atoms with Crippen LogP contribution in [0.4, 0.5) is 5.69 Å². The molecule has 1 heterocycles. The molecule has 0 spiro atoms. The highest BCUT2D eigenvalue weighted by atomic mass is 16.4. The minimum atomic E-state index is -0.993. The molecule has 0 aromatic heterocycles. The van der Waals surface area contributed by atoms with E-state index in [0.29, 0.717) is 12.2 Å². The zero-order chi connectivity index (χ0) is 12.6. The Hall–Kier alpha value is -1.88. The maximum atomic E-state index is 11.8. The number of amides is 1. The van der Waals surface area contributed by atoms with Crippen LogP contribution in [0.1, 0.15) is 22.8 Å². The smallest absolute Gasteiger partial charge is 0.335 e. The highest BCUT2D eigenvalue weighted by Crippen LogP contribution is 2.29. The predicted octanol–water partition coefficient (Wildman–Crippen LogP) is 0.621. The van der Waals surface area contributed by atoms with Crippen molar-refractivity contribution < 1.29 is 14.7 Å². The third kappa shape index (κ3) is 2.01. The quantitative estimate of drug-likeness (QED) is 0.785. The van der Waals surface area contributed by atoms with Crippen molar-refractivity contribution in [2.24, 2.45) is 5.73 Å². The van der Waals surface area contributed by atoms with Crippen LogP contribution in [0.2, 0.25) is 0 Å². The van der Waals surface area contributed by atoms with Crippen molar-refractivity contribution in [2.75, 3.05) is 11.4 Å². The van der Waals surface area contributed by atoms with Crippen LogP contribution >= 0.6 is 0 Å². The van der Waals surface area contributed by atoms with Gasteiger partial charge in [-0.05, 0) is 31.0 Å². The molecule has 0 aliphatic carbocycles. The molecule has 17 heavy (non-hydrogen) atoms. The van der Waals surface area contributed by atoms with Gasteiger partial charge in [-0.25, -0.2) is 4.79 Å². The van der Waals surface area contributed by atoms with E-state index >= 15 is 0 Å². The number of rotatable bonds is 2. The SMILES string of the molecule is C[C@H](N)C(=O)N1CCc2ccc(C(=O)O)cc21. The van der Waals surface area contributed by atoms with E-state index in [2.05, 4.69) is 0 Å². The monoisotopic (exact) mass is 234 g/mol. The van der Waals surface area contributed by atoms with Gasteiger partial charge in [0.05, 0.1) is 11.6 Å². The number of nitrogens with zero attached hydrogens (tertiary/aromatic N) is 1. The maximum absolute atomic E-state index is 11.8. The lowest BCUT2D eigenvalue weighted by Crippen LogP contribution is -2.41. The minimum absolute atomic E-state index is 0.175. The summed E-state index contributed by atoms with van der Waals surface area (Å²) >= 11 is 0. The second kappa shape index (κ2) is 4.18. The van der Waals surface area contributed by atoms with Crippen LogP contribution < -0.4 is 10.6 Å². The van der Waals surface area contributed by atoms with Crippen LogP contribution in [0.5, 0.6) is 0 Å². The zero-order valence-corrected chi connectivity index (χ0v) is 9.51. The summed E-state index contributed by atoms with van der Waals surface area (Å²) in [7, 11) is 0. The first-order chi connectivity index (χ1) is 8.00. The first-order valence-electron chi connectivity index (χ1n) is 5.44. The third-order valence-corrected chi connectivity index (χ3v) is 2.88. The Morgan fingerprint density at radius 3 is 2.76 bits per heavy atom. The number of anilines is 1. The molecule has 1 aromatic carbocycles. The van der Waals surface area contributed by atoms with Crippen molar-refractivity contribution in [2.45, 2.75) is 19.4 Å². The van der Waals surface area contributed by atoms with E-state index in [0.717, 1.165) is 12.0 Å². The number of nitrogens with two attached hydrogens (primary N) is 1. The number of hydrogen-bond donors (Lipinski definition) is 2. The average Bonchev–Trinajstić information content (AvgIpc) is 2.70. The number of hydrogen-bond acceptors (Lipinski definition) is 3. The summed E-state index contributed by atoms with van der Waals surface area (Å²) in [5, 5.41) is 8.92. The Bertz CT molecular complexity index is 483. The van der Waals surface area contributed by atoms with Gasteiger partial charge in [0.1, 0.15) is 0 Å². The summed E-state index contributed by atoms with van der Waals surface area (Å²) in [5.41, 5.74) is 7.41. The lowest BCUT2D eigenvalue weighted by atomic mass is 10.1. The van der Waals surface area contributed by atoms with Gasteiger partial charge in [0.2, 0.25) is 5.91 Å². The van der Waals surface area contributed by atoms with Crippen LogP contribution in [0, 0.1) is 0 Å². The molecular weight excluding hydrogens is 220 g/mol. The average molecular weight is 234 g/mol. The molecule has 3 N–H and O–H groups in total. The van der Waals surface area contributed by atoms with E-state index in [4.69, 9.17) is 10.8 Å². The van der Waals surface area contributed by atoms with E-state index in [9.17, 15) is 9.59 Å². The maximum Gasteiger partial charge on any atom is 0.335 e. The van der Waals surface area contributed by atoms with E-state index in [1.807, 2.05) is 0 Å². The molecular formula is C12H14N2O3. The molecule has 0 fully saturated rings. The Morgan fingerprint density at radius 2 is 2.18 bits per heavy atom. The fourth-order valence-electron chi connectivity index (χ4n) is 1.99. The van der Waals surface area contributed by atoms with Crippen molar-refractivity contribution in [3.8, 4) is 0 Å². The lowest BCUT2D eigenvalue weighted by Gasteiger charge is -2.19. The molecule has 1 aliphatic heterocycles. The second-order valence-electron chi connectivity index (χ2n) is 4.18. The Labute approximate surface area is 98.8 Å². The molecule has 2 rings (SSSR count). The number of carbonyl (C=O) groups is 2. The van der Waals surface area contributed by atoms with Crippen LogP contribution in [0.15, 0.2) is 18.2 Å². The van der Waals surface area contributed by atoms with Crippen LogP contribution in [-0.4, -0.2) is 29.6 Å². The normalized spacial score (nSPS) is 15.5. The van der Waals surface area contributed by atoms with E-state index in [1.165, 1.54) is 6.07 Å². The summed E-state index contributed by atoms with van der Waals surface area (Å²) < 4.78 is 0. The van der Waals surface area contributed by atoms with Gasteiger partial charge in [-0.15, -0.1) is 0 Å². The van der Waals surface area contributed by atoms with Crippen LogP contribution in [0.3, 0.4) is 0 Å². The van der Waals surface area contributed by atoms with Gasteiger partial charge in [0.25, 0.3) is 0 Å². The highest BCUT2D eigenvalue weighted by Gasteiger charge is 2.27. The molecule has 0 unspecified atom stereocenters. The Morgan fingerprint density at radius 1 is 1.47 bits per heavy atom. The summed E-state index contributed by atoms with van der Waals surface area (Å²) in [5.74, 6) is -1.17. The topological polar surface area (TPSA) is 83.6 Å². The van der Waals surface area contributed by atoms with Crippen molar-refractivity contribution in [1.29, 1.82) is 0 Å². The molecule has 0 radical (unpaired) electrons. The standard InChI is InChI=1S/C12H14N2O3/c1-7(13)11(15)14-5-4-8-2-3-9(12(16)17)6-10(8)14/h2-3,6-7H,4-5,13H2,1H3,(H,16,17)/t7-/m0/s1. The number of fused-ring (bicyclic) bond motifs is 1. The van der Waals surface area contributed by atoms with E-state index in [1.54, 1.807) is 24.0 Å². The molecule has 0 saturated carbocycles. The number of benzene rings is 1. The Kier molecular flexibility index (Phi) is 2.85. The summed E-state index contributed by atoms with van der Waals surface area (Å²) in [6.07, 6.45) is 0.744. The molecule has 1 atom stereocenters. The van der Waals surface area contributed by atoms with Gasteiger partial charge >= 0.3 is 5.97 Å². The van der Waals surface area contributed by atoms with Crippen LogP contribution in [0.25, 0.3) is 0 Å². The van der Waals surface area contributed by atoms with Crippen molar-refractivity contribution >= 4 is 17.6 Å². The summed E-state index contributed by atoms with van der Waals surface area (Å²) in [6, 6.07) is 4.27. The number of carboxylic acid groups (broad SMARTS) is 1. The fourth-order valence-corrected chi connectivity index (χ4v) is 1.99. The predicted molar refractivity (Wildman–Crippen MR) is 63.1 cm³/mol. The molecule has 1 amide bonds. The number of aromatic carboxylic acids is 1. The van der Waals surface area contributed by atoms with Gasteiger partial charge in [0, 0.05) is 12.2 Å². The summed E-state index contributed by atoms with van der Waals surface area (Å²) in [4.78, 5) is 24.3. The highest BCUT2D eigenvalue weighted by molar-refractivity contribution is 6.00. The lowest BCUT2D eigenvalue weighted by molar-refractivity contribution is -0.119. The summed E-state index contributed by atoms with van der Waals surface area (Å²) in [6.45, 7) is 2.19. The first kappa shape index (κ1) is 11.6. The largest absolute Gasteiger partial charge is 0.478 e. The molecule has 0 bridgehead atoms. The molecule has 0 saturated heterocycles. The minimum Gasteiger partial charge on any atom is -0.478 e. The number of carboxylic acids is 1. The molecule has 1 aromatic rings. The molecule has 5 nitrogen and oxygen atoms in total. The van der Waals surface area contributed by atoms with E-state index in [-0.39, 0.29) is 11.5 Å². The molecule has 1 aliphatic rings. The molecule has 5 heteroatoms. The zero-order valence-electron chi connectivity index (χ0n) is 9.51. The third-order valence-electron chi connectivity index (χ3n) is 2.88. The second-order valence-corrected chi connectivity index (χ2v) is 4.18. The van der Waals surface area contributed by atoms with Gasteiger partial charge in [-0.3, -0.25) is 4.79 Å². The van der Waals surface area contributed by atoms with Crippen LogP contribution in [-0.2, 0) is 11.2 Å². The van der Waals surface area contributed by atoms with Gasteiger partial charge in [-0.2, -0.15) is 0 Å². The van der Waals surface area contributed by atoms with Crippen molar-refractivity contribution in [1.82, 2.24) is 0 Å². The van der Waals surface area contributed by atoms with Gasteiger partial charge in [0.15, 0.2) is 0 Å². The van der Waals surface area contributed by atoms with Crippen molar-refractivity contribution in [3.63, 3.8) is 0 Å². The Balaban J connectivity index is 2.39. The van der Waals surface area contributed by atoms with Gasteiger partial charge < -0.3 is 15.7 Å². The fraction of sp³-hybridized carbons (Fsp3) is 0.333. The van der Waals surface area contributed by atoms with E-state index < -0.39 is 12.0 Å². The molecule has 90 valence electrons. The first-order valence-corrected chi connectivity index (χ1v) is 5.44. The number of carbonyl (C=O) groups excluding carboxylic acids is 1.